The summed E-state index contributed by atoms with van der Waals surface area (Å²) < 4.78 is 16.2. The molecule has 4 rings (SSSR count). The molecule has 2 heterocycles. The first-order chi connectivity index (χ1) is 15.5. The van der Waals surface area contributed by atoms with Crippen molar-refractivity contribution in [3.05, 3.63) is 35.8 Å². The number of benzene rings is 1. The van der Waals surface area contributed by atoms with E-state index < -0.39 is 5.82 Å². The standard InChI is InChI=1S/C22H27FN8O/c1-3-17-19(25)30(12-24)18-11-27-22(29-20(18)31(17)14-6-4-5-7-14)28-16-9-8-13(10-15(16)23)21(32)26-2/h8-12,14,17,24-25H,3-7H2,1-2H3,(H2,26,27,28,29,32)/p+1/t17-/m1/s1. The zero-order valence-corrected chi connectivity index (χ0v) is 18.2. The number of nitrogens with zero attached hydrogens (tertiary/aromatic N) is 4. The molecule has 1 atom stereocenters. The molecule has 1 aliphatic carbocycles. The van der Waals surface area contributed by atoms with Crippen molar-refractivity contribution in [2.75, 3.05) is 17.3 Å². The van der Waals surface area contributed by atoms with Crippen molar-refractivity contribution < 1.29 is 13.8 Å². The molecule has 1 aromatic heterocycles. The van der Waals surface area contributed by atoms with Crippen LogP contribution in [0.4, 0.5) is 27.5 Å². The Balaban J connectivity index is 1.73. The molecule has 168 valence electrons. The number of fused-ring (bicyclic) bond motifs is 1. The number of amidine groups is 1. The molecule has 1 aliphatic heterocycles. The SMILES string of the molecule is CC[C@@H]1C(N)=[N+](C=N)c2cnc(Nc3ccc(C(=O)NC)cc3F)nc2N1C1CCCC1. The Hall–Kier alpha value is -3.56. The summed E-state index contributed by atoms with van der Waals surface area (Å²) in [5, 5.41) is 13.3. The molecule has 9 nitrogen and oxygen atoms in total. The number of hydrogen-bond acceptors (Lipinski definition) is 7. The third kappa shape index (κ3) is 3.76. The zero-order valence-electron chi connectivity index (χ0n) is 18.2. The van der Waals surface area contributed by atoms with Gasteiger partial charge in [-0.3, -0.25) is 4.79 Å². The summed E-state index contributed by atoms with van der Waals surface area (Å²) in [6.45, 7) is 2.07. The van der Waals surface area contributed by atoms with Crippen molar-refractivity contribution in [3.8, 4) is 0 Å². The van der Waals surface area contributed by atoms with Crippen LogP contribution in [-0.2, 0) is 0 Å². The van der Waals surface area contributed by atoms with Crippen molar-refractivity contribution in [2.24, 2.45) is 5.73 Å². The molecule has 0 unspecified atom stereocenters. The molecular weight excluding hydrogens is 411 g/mol. The lowest BCUT2D eigenvalue weighted by Crippen LogP contribution is -2.55. The molecule has 0 radical (unpaired) electrons. The Morgan fingerprint density at radius 2 is 2.16 bits per heavy atom. The highest BCUT2D eigenvalue weighted by atomic mass is 19.1. The zero-order chi connectivity index (χ0) is 22.8. The number of rotatable bonds is 6. The molecule has 0 saturated heterocycles. The minimum atomic E-state index is -0.579. The normalized spacial score (nSPS) is 18.5. The number of carbonyl (C=O) groups is 1. The van der Waals surface area contributed by atoms with Crippen molar-refractivity contribution in [1.29, 1.82) is 5.41 Å². The summed E-state index contributed by atoms with van der Waals surface area (Å²) >= 11 is 0. The lowest BCUT2D eigenvalue weighted by atomic mass is 10.0. The van der Waals surface area contributed by atoms with Crippen LogP contribution in [0.3, 0.4) is 0 Å². The number of anilines is 3. The predicted molar refractivity (Wildman–Crippen MR) is 122 cm³/mol. The fourth-order valence-corrected chi connectivity index (χ4v) is 4.56. The number of halogens is 1. The van der Waals surface area contributed by atoms with Crippen molar-refractivity contribution in [3.63, 3.8) is 0 Å². The van der Waals surface area contributed by atoms with E-state index in [1.807, 2.05) is 0 Å². The summed E-state index contributed by atoms with van der Waals surface area (Å²) in [6, 6.07) is 4.41. The number of amides is 1. The van der Waals surface area contributed by atoms with Gasteiger partial charge in [-0.25, -0.2) is 9.37 Å². The van der Waals surface area contributed by atoms with E-state index in [1.54, 1.807) is 10.8 Å². The Kier molecular flexibility index (Phi) is 6.02. The topological polar surface area (TPSA) is 123 Å². The van der Waals surface area contributed by atoms with Crippen molar-refractivity contribution in [2.45, 2.75) is 51.1 Å². The maximum Gasteiger partial charge on any atom is 0.251 e. The minimum Gasteiger partial charge on any atom is -0.355 e. The molecule has 1 fully saturated rings. The van der Waals surface area contributed by atoms with Gasteiger partial charge in [-0.05, 0) is 37.5 Å². The lowest BCUT2D eigenvalue weighted by Gasteiger charge is -2.39. The van der Waals surface area contributed by atoms with Gasteiger partial charge in [0.2, 0.25) is 18.1 Å². The van der Waals surface area contributed by atoms with Gasteiger partial charge in [0.05, 0.1) is 11.9 Å². The summed E-state index contributed by atoms with van der Waals surface area (Å²) in [6.07, 6.45) is 7.96. The molecule has 1 aromatic carbocycles. The highest BCUT2D eigenvalue weighted by Crippen LogP contribution is 2.38. The highest BCUT2D eigenvalue weighted by molar-refractivity contribution is 5.94. The summed E-state index contributed by atoms with van der Waals surface area (Å²) in [5.41, 5.74) is 7.48. The van der Waals surface area contributed by atoms with Gasteiger partial charge in [0, 0.05) is 18.7 Å². The van der Waals surface area contributed by atoms with Gasteiger partial charge < -0.3 is 21.3 Å². The second-order valence-electron chi connectivity index (χ2n) is 7.99. The maximum absolute atomic E-state index is 14.6. The molecule has 5 N–H and O–H groups in total. The lowest BCUT2D eigenvalue weighted by molar-refractivity contribution is -0.302. The van der Waals surface area contributed by atoms with E-state index in [1.165, 1.54) is 31.6 Å². The van der Waals surface area contributed by atoms with Gasteiger partial charge in [-0.15, -0.1) is 0 Å². The Morgan fingerprint density at radius 1 is 1.41 bits per heavy atom. The van der Waals surface area contributed by atoms with Gasteiger partial charge in [-0.2, -0.15) is 15.0 Å². The van der Waals surface area contributed by atoms with Crippen molar-refractivity contribution in [1.82, 2.24) is 15.3 Å². The van der Waals surface area contributed by atoms with Crippen LogP contribution in [0.25, 0.3) is 0 Å². The summed E-state index contributed by atoms with van der Waals surface area (Å²) in [4.78, 5) is 23.0. The molecule has 32 heavy (non-hydrogen) atoms. The third-order valence-electron chi connectivity index (χ3n) is 6.15. The maximum atomic E-state index is 14.6. The van der Waals surface area contributed by atoms with Gasteiger partial charge in [0.15, 0.2) is 11.5 Å². The Bertz CT molecular complexity index is 1080. The van der Waals surface area contributed by atoms with Crippen molar-refractivity contribution >= 4 is 41.2 Å². The fraction of sp³-hybridized carbons (Fsp3) is 0.409. The van der Waals surface area contributed by atoms with E-state index in [4.69, 9.17) is 16.1 Å². The van der Waals surface area contributed by atoms with Crippen LogP contribution in [0.5, 0.6) is 0 Å². The Morgan fingerprint density at radius 3 is 2.78 bits per heavy atom. The second kappa shape index (κ2) is 8.89. The minimum absolute atomic E-state index is 0.0847. The van der Waals surface area contributed by atoms with Gasteiger partial charge in [-0.1, -0.05) is 19.8 Å². The van der Waals surface area contributed by atoms with E-state index in [-0.39, 0.29) is 29.1 Å². The van der Waals surface area contributed by atoms with Crippen LogP contribution in [0.2, 0.25) is 0 Å². The van der Waals surface area contributed by atoms with E-state index >= 15 is 0 Å². The molecule has 10 heteroatoms. The first-order valence-electron chi connectivity index (χ1n) is 10.8. The highest BCUT2D eigenvalue weighted by Gasteiger charge is 2.40. The molecule has 0 bridgehead atoms. The number of aromatic nitrogens is 2. The first kappa shape index (κ1) is 21.7. The monoisotopic (exact) mass is 439 g/mol. The largest absolute Gasteiger partial charge is 0.355 e. The van der Waals surface area contributed by atoms with Gasteiger partial charge >= 0.3 is 0 Å². The van der Waals surface area contributed by atoms with Crippen LogP contribution in [0.1, 0.15) is 49.4 Å². The van der Waals surface area contributed by atoms with Crippen LogP contribution in [0, 0.1) is 11.2 Å². The smallest absolute Gasteiger partial charge is 0.251 e. The molecule has 0 spiro atoms. The van der Waals surface area contributed by atoms with E-state index in [9.17, 15) is 9.18 Å². The summed E-state index contributed by atoms with van der Waals surface area (Å²) in [7, 11) is 1.49. The molecule has 1 amide bonds. The van der Waals surface area contributed by atoms with Crippen LogP contribution < -0.4 is 21.3 Å². The van der Waals surface area contributed by atoms with Crippen LogP contribution >= 0.6 is 0 Å². The molecule has 2 aromatic rings. The van der Waals surface area contributed by atoms with E-state index in [0.29, 0.717) is 23.4 Å². The number of carbonyl (C=O) groups excluding carboxylic acids is 1. The van der Waals surface area contributed by atoms with Gasteiger partial charge in [0.25, 0.3) is 5.91 Å². The predicted octanol–water partition coefficient (Wildman–Crippen LogP) is 2.87. The van der Waals surface area contributed by atoms with E-state index in [2.05, 4.69) is 27.4 Å². The van der Waals surface area contributed by atoms with E-state index in [0.717, 1.165) is 32.1 Å². The second-order valence-corrected chi connectivity index (χ2v) is 7.99. The number of nitrogens with two attached hydrogens (primary N) is 1. The average molecular weight is 440 g/mol. The molecular formula is C22H28FN8O+. The van der Waals surface area contributed by atoms with Crippen LogP contribution in [0.15, 0.2) is 24.4 Å². The average Bonchev–Trinajstić information content (AvgIpc) is 3.33. The number of nitrogens with one attached hydrogen (secondary N) is 3. The molecule has 1 saturated carbocycles. The number of hydrogen-bond donors (Lipinski definition) is 4. The first-order valence-corrected chi connectivity index (χ1v) is 10.8. The summed E-state index contributed by atoms with van der Waals surface area (Å²) in [5.74, 6) is 0.561. The fourth-order valence-electron chi connectivity index (χ4n) is 4.56. The quantitative estimate of drug-likeness (QED) is 0.312. The van der Waals surface area contributed by atoms with Gasteiger partial charge in [0.1, 0.15) is 11.9 Å². The van der Waals surface area contributed by atoms with Crippen LogP contribution in [-0.4, -0.2) is 51.8 Å². The Labute approximate surface area is 186 Å². The molecule has 2 aliphatic rings. The third-order valence-corrected chi connectivity index (χ3v) is 6.15.